The van der Waals surface area contributed by atoms with Crippen LogP contribution in [0.25, 0.3) is 0 Å². The fraction of sp³-hybridized carbons (Fsp3) is 0.364. The van der Waals surface area contributed by atoms with Gasteiger partial charge in [0.2, 0.25) is 5.91 Å². The van der Waals surface area contributed by atoms with Crippen LogP contribution in [0.5, 0.6) is 0 Å². The van der Waals surface area contributed by atoms with Crippen molar-refractivity contribution in [1.29, 1.82) is 0 Å². The number of nitrogens with zero attached hydrogens (tertiary/aromatic N) is 1. The van der Waals surface area contributed by atoms with Gasteiger partial charge >= 0.3 is 0 Å². The van der Waals surface area contributed by atoms with E-state index in [2.05, 4.69) is 0 Å². The second kappa shape index (κ2) is 4.35. The molecule has 0 spiro atoms. The van der Waals surface area contributed by atoms with Gasteiger partial charge in [-0.25, -0.2) is 4.21 Å². The molecule has 1 aromatic rings. The van der Waals surface area contributed by atoms with Gasteiger partial charge in [0.05, 0.1) is 4.90 Å². The lowest BCUT2D eigenvalue weighted by molar-refractivity contribution is -0.116. The summed E-state index contributed by atoms with van der Waals surface area (Å²) in [6.45, 7) is 2.20. The van der Waals surface area contributed by atoms with E-state index in [4.69, 9.17) is 4.55 Å². The molecule has 1 unspecified atom stereocenters. The second-order valence-electron chi connectivity index (χ2n) is 3.81. The average Bonchev–Trinajstić information content (AvgIpc) is 2.27. The van der Waals surface area contributed by atoms with Gasteiger partial charge in [0, 0.05) is 19.2 Å². The van der Waals surface area contributed by atoms with Gasteiger partial charge < -0.3 is 9.45 Å². The summed E-state index contributed by atoms with van der Waals surface area (Å²) in [5.41, 5.74) is 1.84. The third-order valence-corrected chi connectivity index (χ3v) is 3.41. The molecule has 0 aliphatic carbocycles. The molecule has 0 saturated heterocycles. The Bertz CT molecular complexity index is 459. The largest absolute Gasteiger partial charge is 0.312 e. The minimum atomic E-state index is -1.99. The minimum absolute atomic E-state index is 0.0261. The highest BCUT2D eigenvalue weighted by Crippen LogP contribution is 2.29. The first-order chi connectivity index (χ1) is 7.59. The van der Waals surface area contributed by atoms with Crippen molar-refractivity contribution in [2.24, 2.45) is 0 Å². The first-order valence-corrected chi connectivity index (χ1v) is 6.22. The molecule has 1 heterocycles. The van der Waals surface area contributed by atoms with Crippen molar-refractivity contribution >= 4 is 22.7 Å². The molecule has 1 amide bonds. The molecular formula is C11H13NO3S. The predicted molar refractivity (Wildman–Crippen MR) is 61.8 cm³/mol. The maximum atomic E-state index is 11.4. The molecule has 4 nitrogen and oxygen atoms in total. The lowest BCUT2D eigenvalue weighted by Gasteiger charge is -2.28. The normalized spacial score (nSPS) is 16.8. The third kappa shape index (κ3) is 2.01. The average molecular weight is 239 g/mol. The molecule has 0 radical (unpaired) electrons. The molecule has 2 rings (SSSR count). The quantitative estimate of drug-likeness (QED) is 0.757. The van der Waals surface area contributed by atoms with Gasteiger partial charge in [0.25, 0.3) is 0 Å². The van der Waals surface area contributed by atoms with Crippen LogP contribution in [-0.4, -0.2) is 21.2 Å². The number of anilines is 1. The Morgan fingerprint density at radius 2 is 2.25 bits per heavy atom. The molecule has 0 aromatic heterocycles. The lowest BCUT2D eigenvalue weighted by Crippen LogP contribution is -2.33. The Balaban J connectivity index is 2.48. The van der Waals surface area contributed by atoms with E-state index in [1.807, 2.05) is 6.07 Å². The van der Waals surface area contributed by atoms with Gasteiger partial charge in [-0.05, 0) is 30.5 Å². The number of hydrogen-bond acceptors (Lipinski definition) is 2. The first-order valence-electron chi connectivity index (χ1n) is 5.11. The van der Waals surface area contributed by atoms with E-state index in [0.717, 1.165) is 24.1 Å². The van der Waals surface area contributed by atoms with Crippen molar-refractivity contribution in [3.8, 4) is 0 Å². The minimum Gasteiger partial charge on any atom is -0.312 e. The molecule has 1 aliphatic rings. The summed E-state index contributed by atoms with van der Waals surface area (Å²) in [6.07, 6.45) is 1.85. The van der Waals surface area contributed by atoms with Gasteiger partial charge in [-0.15, -0.1) is 0 Å². The monoisotopic (exact) mass is 239 g/mol. The maximum Gasteiger partial charge on any atom is 0.223 e. The zero-order valence-electron chi connectivity index (χ0n) is 8.97. The molecule has 1 aromatic carbocycles. The second-order valence-corrected chi connectivity index (χ2v) is 4.78. The summed E-state index contributed by atoms with van der Waals surface area (Å²) in [6, 6.07) is 5.10. The van der Waals surface area contributed by atoms with Crippen LogP contribution in [0.3, 0.4) is 0 Å². The Labute approximate surface area is 96.5 Å². The number of carbonyl (C=O) groups excluding carboxylic acids is 1. The van der Waals surface area contributed by atoms with E-state index in [1.54, 1.807) is 17.0 Å². The number of aryl methyl sites for hydroxylation is 1. The van der Waals surface area contributed by atoms with Gasteiger partial charge in [-0.1, -0.05) is 6.07 Å². The number of rotatable bonds is 1. The zero-order chi connectivity index (χ0) is 11.7. The topological polar surface area (TPSA) is 57.6 Å². The Morgan fingerprint density at radius 3 is 2.88 bits per heavy atom. The maximum absolute atomic E-state index is 11.4. The molecule has 0 bridgehead atoms. The van der Waals surface area contributed by atoms with E-state index in [9.17, 15) is 9.00 Å². The number of hydrogen-bond donors (Lipinski definition) is 1. The van der Waals surface area contributed by atoms with Crippen molar-refractivity contribution in [1.82, 2.24) is 0 Å². The molecule has 1 atom stereocenters. The summed E-state index contributed by atoms with van der Waals surface area (Å²) in [5, 5.41) is 0. The molecule has 1 aliphatic heterocycles. The highest BCUT2D eigenvalue weighted by atomic mass is 32.2. The van der Waals surface area contributed by atoms with Crippen molar-refractivity contribution < 1.29 is 13.6 Å². The van der Waals surface area contributed by atoms with Crippen LogP contribution in [0.1, 0.15) is 18.9 Å². The van der Waals surface area contributed by atoms with Crippen LogP contribution in [-0.2, 0) is 22.3 Å². The van der Waals surface area contributed by atoms with Crippen LogP contribution in [0, 0.1) is 0 Å². The van der Waals surface area contributed by atoms with Gasteiger partial charge in [0.15, 0.2) is 11.1 Å². The Morgan fingerprint density at radius 1 is 1.50 bits per heavy atom. The number of benzene rings is 1. The van der Waals surface area contributed by atoms with Crippen LogP contribution in [0.4, 0.5) is 5.69 Å². The van der Waals surface area contributed by atoms with E-state index in [1.165, 1.54) is 6.92 Å². The molecule has 5 heteroatoms. The first kappa shape index (κ1) is 11.3. The van der Waals surface area contributed by atoms with Gasteiger partial charge in [-0.2, -0.15) is 0 Å². The van der Waals surface area contributed by atoms with E-state index >= 15 is 0 Å². The molecule has 0 fully saturated rings. The van der Waals surface area contributed by atoms with E-state index in [-0.39, 0.29) is 5.91 Å². The molecular weight excluding hydrogens is 226 g/mol. The number of carbonyl (C=O) groups is 1. The molecule has 86 valence electrons. The fourth-order valence-corrected chi connectivity index (χ4v) is 2.39. The highest BCUT2D eigenvalue weighted by Gasteiger charge is 2.20. The van der Waals surface area contributed by atoms with Crippen LogP contribution < -0.4 is 4.90 Å². The number of amides is 1. The van der Waals surface area contributed by atoms with Crippen LogP contribution in [0.2, 0.25) is 0 Å². The lowest BCUT2D eigenvalue weighted by atomic mass is 10.0. The van der Waals surface area contributed by atoms with E-state index < -0.39 is 11.1 Å². The summed E-state index contributed by atoms with van der Waals surface area (Å²) in [4.78, 5) is 13.4. The fourth-order valence-electron chi connectivity index (χ4n) is 1.99. The number of fused-ring (bicyclic) bond motifs is 1. The van der Waals surface area contributed by atoms with Crippen molar-refractivity contribution in [2.75, 3.05) is 11.4 Å². The van der Waals surface area contributed by atoms with Crippen LogP contribution >= 0.6 is 0 Å². The van der Waals surface area contributed by atoms with Gasteiger partial charge in [0.1, 0.15) is 0 Å². The molecule has 16 heavy (non-hydrogen) atoms. The Kier molecular flexibility index (Phi) is 3.07. The molecule has 0 saturated carbocycles. The summed E-state index contributed by atoms with van der Waals surface area (Å²) in [7, 11) is 0. The highest BCUT2D eigenvalue weighted by molar-refractivity contribution is 7.79. The van der Waals surface area contributed by atoms with Crippen molar-refractivity contribution in [3.05, 3.63) is 23.8 Å². The van der Waals surface area contributed by atoms with Crippen LogP contribution in [0.15, 0.2) is 23.1 Å². The Hall–Kier alpha value is -1.20. The van der Waals surface area contributed by atoms with E-state index in [0.29, 0.717) is 11.4 Å². The zero-order valence-corrected chi connectivity index (χ0v) is 9.79. The summed E-state index contributed by atoms with van der Waals surface area (Å²) in [5.74, 6) is -0.0261. The third-order valence-electron chi connectivity index (χ3n) is 2.76. The standard InChI is InChI=1S/C11H13NO3S/c1-8(13)12-6-2-3-9-4-5-10(16(14)15)7-11(9)12/h4-5,7H,2-3,6H2,1H3,(H,14,15). The molecule has 1 N–H and O–H groups in total. The SMILES string of the molecule is CC(=O)N1CCCc2ccc(S(=O)O)cc21. The predicted octanol–water partition coefficient (Wildman–Crippen LogP) is 1.57. The smallest absolute Gasteiger partial charge is 0.223 e. The van der Waals surface area contributed by atoms with Crippen molar-refractivity contribution in [3.63, 3.8) is 0 Å². The summed E-state index contributed by atoms with van der Waals surface area (Å²) < 4.78 is 20.0. The summed E-state index contributed by atoms with van der Waals surface area (Å²) >= 11 is -1.99. The van der Waals surface area contributed by atoms with Gasteiger partial charge in [-0.3, -0.25) is 4.79 Å². The van der Waals surface area contributed by atoms with Crippen molar-refractivity contribution in [2.45, 2.75) is 24.7 Å².